The number of aryl methyl sites for hydroxylation is 1. The van der Waals surface area contributed by atoms with Crippen LogP contribution in [0.5, 0.6) is 0 Å². The minimum atomic E-state index is -3.70. The van der Waals surface area contributed by atoms with Gasteiger partial charge in [0.1, 0.15) is 0 Å². The summed E-state index contributed by atoms with van der Waals surface area (Å²) in [7, 11) is -1.96. The van der Waals surface area contributed by atoms with Gasteiger partial charge in [-0.25, -0.2) is 8.42 Å². The molecular weight excluding hydrogens is 380 g/mol. The molecule has 0 unspecified atom stereocenters. The van der Waals surface area contributed by atoms with E-state index >= 15 is 0 Å². The number of anilines is 1. The van der Waals surface area contributed by atoms with Gasteiger partial charge in [-0.1, -0.05) is 24.3 Å². The van der Waals surface area contributed by atoms with E-state index in [0.717, 1.165) is 10.4 Å². The summed E-state index contributed by atoms with van der Waals surface area (Å²) in [5.74, 6) is -0.163. The van der Waals surface area contributed by atoms with Crippen molar-refractivity contribution in [1.29, 1.82) is 0 Å². The monoisotopic (exact) mass is 400 g/mol. The van der Waals surface area contributed by atoms with Gasteiger partial charge in [0.25, 0.3) is 15.9 Å². The first-order valence-electron chi connectivity index (χ1n) is 8.33. The molecule has 0 fully saturated rings. The molecule has 2 aromatic carbocycles. The van der Waals surface area contributed by atoms with Crippen LogP contribution in [0.25, 0.3) is 0 Å². The Labute approximate surface area is 163 Å². The summed E-state index contributed by atoms with van der Waals surface area (Å²) in [5, 5.41) is 2.00. The van der Waals surface area contributed by atoms with Gasteiger partial charge in [0.15, 0.2) is 0 Å². The average Bonchev–Trinajstić information content (AvgIpc) is 3.06. The highest BCUT2D eigenvalue weighted by atomic mass is 32.2. The molecule has 0 saturated heterocycles. The molecule has 1 amide bonds. The maximum absolute atomic E-state index is 12.7. The van der Waals surface area contributed by atoms with E-state index in [1.165, 1.54) is 12.1 Å². The fourth-order valence-corrected chi connectivity index (χ4v) is 4.63. The maximum Gasteiger partial charge on any atom is 0.261 e. The number of rotatable bonds is 6. The molecule has 0 aliphatic carbocycles. The molecule has 140 valence electrons. The van der Waals surface area contributed by atoms with Crippen molar-refractivity contribution in [3.63, 3.8) is 0 Å². The van der Waals surface area contributed by atoms with Crippen molar-refractivity contribution in [2.45, 2.75) is 18.4 Å². The number of benzene rings is 2. The van der Waals surface area contributed by atoms with Crippen LogP contribution in [0, 0.1) is 6.92 Å². The summed E-state index contributed by atoms with van der Waals surface area (Å²) in [6.07, 6.45) is 0. The lowest BCUT2D eigenvalue weighted by Crippen LogP contribution is -2.26. The Hall–Kier alpha value is -2.64. The number of nitrogens with zero attached hydrogens (tertiary/aromatic N) is 1. The van der Waals surface area contributed by atoms with Gasteiger partial charge >= 0.3 is 0 Å². The number of amides is 1. The molecule has 0 aliphatic heterocycles. The molecule has 0 radical (unpaired) electrons. The molecule has 5 nitrogen and oxygen atoms in total. The van der Waals surface area contributed by atoms with Gasteiger partial charge in [-0.05, 0) is 54.3 Å². The smallest absolute Gasteiger partial charge is 0.261 e. The van der Waals surface area contributed by atoms with Crippen LogP contribution < -0.4 is 4.72 Å². The van der Waals surface area contributed by atoms with Gasteiger partial charge in [-0.2, -0.15) is 0 Å². The lowest BCUT2D eigenvalue weighted by Gasteiger charge is -2.17. The van der Waals surface area contributed by atoms with Crippen molar-refractivity contribution < 1.29 is 13.2 Å². The zero-order valence-electron chi connectivity index (χ0n) is 15.0. The third kappa shape index (κ3) is 4.56. The summed E-state index contributed by atoms with van der Waals surface area (Å²) in [6, 6.07) is 16.7. The number of hydrogen-bond acceptors (Lipinski definition) is 4. The Balaban J connectivity index is 1.77. The number of carbonyl (C=O) groups excluding carboxylic acids is 1. The van der Waals surface area contributed by atoms with E-state index in [1.54, 1.807) is 65.7 Å². The molecule has 0 saturated carbocycles. The van der Waals surface area contributed by atoms with Crippen molar-refractivity contribution in [2.24, 2.45) is 0 Å². The maximum atomic E-state index is 12.7. The number of nitrogens with one attached hydrogen (secondary N) is 1. The molecule has 3 aromatic rings. The molecule has 0 aliphatic rings. The normalized spacial score (nSPS) is 11.2. The van der Waals surface area contributed by atoms with Crippen LogP contribution in [0.2, 0.25) is 0 Å². The zero-order valence-corrected chi connectivity index (χ0v) is 16.7. The van der Waals surface area contributed by atoms with Gasteiger partial charge in [0.05, 0.1) is 11.4 Å². The van der Waals surface area contributed by atoms with Crippen LogP contribution in [-0.4, -0.2) is 26.3 Å². The van der Waals surface area contributed by atoms with Crippen LogP contribution in [0.1, 0.15) is 20.8 Å². The Bertz CT molecular complexity index is 1040. The van der Waals surface area contributed by atoms with Crippen molar-refractivity contribution in [3.8, 4) is 0 Å². The largest absolute Gasteiger partial charge is 0.337 e. The fraction of sp³-hybridized carbons (Fsp3) is 0.150. The number of thiophene rings is 1. The van der Waals surface area contributed by atoms with E-state index in [0.29, 0.717) is 17.8 Å². The van der Waals surface area contributed by atoms with Crippen molar-refractivity contribution in [3.05, 3.63) is 82.0 Å². The predicted octanol–water partition coefficient (Wildman–Crippen LogP) is 4.13. The molecule has 0 bridgehead atoms. The highest BCUT2D eigenvalue weighted by Gasteiger charge is 2.17. The highest BCUT2D eigenvalue weighted by Crippen LogP contribution is 2.20. The second kappa shape index (κ2) is 7.94. The van der Waals surface area contributed by atoms with Gasteiger partial charge in [-0.3, -0.25) is 9.52 Å². The molecule has 0 atom stereocenters. The van der Waals surface area contributed by atoms with Crippen LogP contribution >= 0.6 is 11.3 Å². The quantitative estimate of drug-likeness (QED) is 0.677. The van der Waals surface area contributed by atoms with Crippen LogP contribution in [0.4, 0.5) is 5.69 Å². The lowest BCUT2D eigenvalue weighted by molar-refractivity contribution is 0.0786. The molecule has 1 aromatic heterocycles. The highest BCUT2D eigenvalue weighted by molar-refractivity contribution is 7.92. The summed E-state index contributed by atoms with van der Waals surface area (Å²) in [6.45, 7) is 2.53. The Morgan fingerprint density at radius 3 is 2.48 bits per heavy atom. The first kappa shape index (κ1) is 19.1. The van der Waals surface area contributed by atoms with Gasteiger partial charge in [0, 0.05) is 23.2 Å². The molecule has 1 N–H and O–H groups in total. The van der Waals surface area contributed by atoms with Crippen LogP contribution in [0.15, 0.2) is 70.9 Å². The van der Waals surface area contributed by atoms with Crippen LogP contribution in [-0.2, 0) is 16.6 Å². The molecule has 3 rings (SSSR count). The zero-order chi connectivity index (χ0) is 19.4. The van der Waals surface area contributed by atoms with Crippen LogP contribution in [0.3, 0.4) is 0 Å². The standard InChI is InChI=1S/C20H20N2O3S2/c1-15-11-12-26-19(15)14-22(2)20(23)16-7-6-8-17(13-16)21-27(24,25)18-9-4-3-5-10-18/h3-13,21H,14H2,1-2H3. The van der Waals surface area contributed by atoms with Gasteiger partial charge < -0.3 is 4.90 Å². The third-order valence-corrected chi connectivity index (χ3v) is 6.52. The second-order valence-corrected chi connectivity index (χ2v) is 8.87. The number of carbonyl (C=O) groups is 1. The summed E-state index contributed by atoms with van der Waals surface area (Å²) in [5.41, 5.74) is 1.94. The summed E-state index contributed by atoms with van der Waals surface area (Å²) < 4.78 is 27.4. The predicted molar refractivity (Wildman–Crippen MR) is 109 cm³/mol. The third-order valence-electron chi connectivity index (χ3n) is 4.11. The Kier molecular flexibility index (Phi) is 5.62. The minimum absolute atomic E-state index is 0.163. The van der Waals surface area contributed by atoms with E-state index in [4.69, 9.17) is 0 Å². The fourth-order valence-electron chi connectivity index (χ4n) is 2.60. The minimum Gasteiger partial charge on any atom is -0.337 e. The Morgan fingerprint density at radius 1 is 1.07 bits per heavy atom. The van der Waals surface area contributed by atoms with E-state index in [-0.39, 0.29) is 10.8 Å². The van der Waals surface area contributed by atoms with Crippen molar-refractivity contribution in [2.75, 3.05) is 11.8 Å². The first-order chi connectivity index (χ1) is 12.9. The number of sulfonamides is 1. The molecule has 7 heteroatoms. The molecular formula is C20H20N2O3S2. The number of hydrogen-bond donors (Lipinski definition) is 1. The Morgan fingerprint density at radius 2 is 1.81 bits per heavy atom. The van der Waals surface area contributed by atoms with Gasteiger partial charge in [-0.15, -0.1) is 11.3 Å². The van der Waals surface area contributed by atoms with Crippen molar-refractivity contribution >= 4 is 33.0 Å². The van der Waals surface area contributed by atoms with E-state index < -0.39 is 10.0 Å². The molecule has 0 spiro atoms. The summed E-state index contributed by atoms with van der Waals surface area (Å²) in [4.78, 5) is 15.7. The molecule has 1 heterocycles. The van der Waals surface area contributed by atoms with E-state index in [9.17, 15) is 13.2 Å². The van der Waals surface area contributed by atoms with Gasteiger partial charge in [0.2, 0.25) is 0 Å². The lowest BCUT2D eigenvalue weighted by atomic mass is 10.1. The first-order valence-corrected chi connectivity index (χ1v) is 10.7. The van der Waals surface area contributed by atoms with E-state index in [2.05, 4.69) is 4.72 Å². The topological polar surface area (TPSA) is 66.5 Å². The van der Waals surface area contributed by atoms with E-state index in [1.807, 2.05) is 18.4 Å². The SMILES string of the molecule is Cc1ccsc1CN(C)C(=O)c1cccc(NS(=O)(=O)c2ccccc2)c1. The molecule has 27 heavy (non-hydrogen) atoms. The summed E-state index contributed by atoms with van der Waals surface area (Å²) >= 11 is 1.61. The second-order valence-electron chi connectivity index (χ2n) is 6.19. The van der Waals surface area contributed by atoms with Crippen molar-refractivity contribution in [1.82, 2.24) is 4.90 Å². The average molecular weight is 401 g/mol.